The molecule has 1 fully saturated rings. The number of carbonyl (C=O) groups excluding carboxylic acids is 1. The van der Waals surface area contributed by atoms with Crippen molar-refractivity contribution < 1.29 is 13.9 Å². The molecular weight excluding hydrogens is 421 g/mol. The number of hydrogen-bond acceptors (Lipinski definition) is 6. The van der Waals surface area contributed by atoms with Crippen molar-refractivity contribution in [2.24, 2.45) is 11.1 Å². The first-order valence-corrected chi connectivity index (χ1v) is 11.5. The number of ether oxygens (including phenoxy) is 1. The number of rotatable bonds is 7. The Balaban J connectivity index is 1.83. The third kappa shape index (κ3) is 6.55. The number of anilines is 2. The van der Waals surface area contributed by atoms with Gasteiger partial charge in [0.2, 0.25) is 11.7 Å². The van der Waals surface area contributed by atoms with Crippen LogP contribution in [0.15, 0.2) is 30.6 Å². The number of benzene rings is 1. The molecule has 2 heterocycles. The van der Waals surface area contributed by atoms with E-state index in [2.05, 4.69) is 15.3 Å². The maximum absolute atomic E-state index is 15.5. The summed E-state index contributed by atoms with van der Waals surface area (Å²) in [6.07, 6.45) is 3.59. The predicted molar refractivity (Wildman–Crippen MR) is 129 cm³/mol. The third-order valence-electron chi connectivity index (χ3n) is 5.46. The molecule has 1 saturated heterocycles. The minimum atomic E-state index is -0.730. The molecule has 1 amide bonds. The average molecular weight is 458 g/mol. The molecule has 0 bridgehead atoms. The maximum Gasteiger partial charge on any atom is 0.239 e. The van der Waals surface area contributed by atoms with E-state index in [4.69, 9.17) is 10.5 Å². The fraction of sp³-hybridized carbons (Fsp3) is 0.560. The van der Waals surface area contributed by atoms with Crippen molar-refractivity contribution in [1.82, 2.24) is 9.97 Å². The minimum Gasteiger partial charge on any atom is -0.488 e. The highest BCUT2D eigenvalue weighted by Gasteiger charge is 2.31. The summed E-state index contributed by atoms with van der Waals surface area (Å²) < 4.78 is 21.4. The van der Waals surface area contributed by atoms with Gasteiger partial charge < -0.3 is 20.7 Å². The smallest absolute Gasteiger partial charge is 0.239 e. The zero-order chi connectivity index (χ0) is 24.4. The van der Waals surface area contributed by atoms with E-state index in [9.17, 15) is 4.79 Å². The molecule has 1 aliphatic rings. The molecule has 33 heavy (non-hydrogen) atoms. The van der Waals surface area contributed by atoms with Crippen LogP contribution in [0.25, 0.3) is 0 Å². The van der Waals surface area contributed by atoms with Gasteiger partial charge in [-0.05, 0) is 63.1 Å². The first kappa shape index (κ1) is 24.7. The number of nitrogens with two attached hydrogens (primary N) is 1. The molecule has 2 atom stereocenters. The molecule has 1 aromatic carbocycles. The van der Waals surface area contributed by atoms with Crippen LogP contribution in [0.5, 0.6) is 5.75 Å². The fourth-order valence-electron chi connectivity index (χ4n) is 4.14. The molecule has 0 aliphatic carbocycles. The Kier molecular flexibility index (Phi) is 7.14. The second-order valence-corrected chi connectivity index (χ2v) is 10.9. The van der Waals surface area contributed by atoms with Crippen molar-refractivity contribution >= 4 is 17.5 Å². The van der Waals surface area contributed by atoms with Crippen molar-refractivity contribution in [2.75, 3.05) is 16.8 Å². The molecule has 180 valence electrons. The second-order valence-electron chi connectivity index (χ2n) is 10.9. The highest BCUT2D eigenvalue weighted by molar-refractivity contribution is 5.82. The number of hydrogen-bond donors (Lipinski definition) is 2. The molecule has 7 nitrogen and oxygen atoms in total. The largest absolute Gasteiger partial charge is 0.488 e. The number of nitrogens with one attached hydrogen (secondary N) is 1. The molecule has 8 heteroatoms. The number of primary amides is 1. The first-order chi connectivity index (χ1) is 15.3. The van der Waals surface area contributed by atoms with Crippen LogP contribution in [0.1, 0.15) is 72.4 Å². The van der Waals surface area contributed by atoms with E-state index in [0.717, 1.165) is 24.2 Å². The molecule has 3 N–H and O–H groups in total. The standard InChI is InChI=1S/C25H36FN5O2/c1-24(2,3)14-18(21(27)32)30-22-20(26)23(29-15-28-22)31-13-7-8-19(31)16-9-11-17(12-10-16)33-25(4,5)6/h9-12,15,18-19H,7-8,13-14H2,1-6H3,(H2,27,32)(H,28,29,30)/t18-,19?/m1/s1. The summed E-state index contributed by atoms with van der Waals surface area (Å²) in [7, 11) is 0. The monoisotopic (exact) mass is 457 g/mol. The molecule has 0 spiro atoms. The lowest BCUT2D eigenvalue weighted by molar-refractivity contribution is -0.119. The van der Waals surface area contributed by atoms with Crippen LogP contribution in [0.3, 0.4) is 0 Å². The Morgan fingerprint density at radius 2 is 1.88 bits per heavy atom. The number of aromatic nitrogens is 2. The number of nitrogens with zero attached hydrogens (tertiary/aromatic N) is 3. The molecule has 1 unspecified atom stereocenters. The van der Waals surface area contributed by atoms with E-state index >= 15 is 4.39 Å². The van der Waals surface area contributed by atoms with Gasteiger partial charge in [-0.15, -0.1) is 0 Å². The number of halogens is 1. The topological polar surface area (TPSA) is 93.4 Å². The summed E-state index contributed by atoms with van der Waals surface area (Å²) in [5, 5.41) is 2.91. The summed E-state index contributed by atoms with van der Waals surface area (Å²) in [4.78, 5) is 22.2. The van der Waals surface area contributed by atoms with E-state index in [0.29, 0.717) is 13.0 Å². The first-order valence-electron chi connectivity index (χ1n) is 11.5. The Hall–Kier alpha value is -2.90. The zero-order valence-corrected chi connectivity index (χ0v) is 20.5. The van der Waals surface area contributed by atoms with Crippen molar-refractivity contribution in [3.63, 3.8) is 0 Å². The Morgan fingerprint density at radius 1 is 1.21 bits per heavy atom. The van der Waals surface area contributed by atoms with E-state index in [1.165, 1.54) is 6.33 Å². The van der Waals surface area contributed by atoms with Crippen molar-refractivity contribution in [3.05, 3.63) is 42.0 Å². The van der Waals surface area contributed by atoms with Gasteiger partial charge in [0.15, 0.2) is 11.6 Å². The second kappa shape index (κ2) is 9.53. The summed E-state index contributed by atoms with van der Waals surface area (Å²) in [6.45, 7) is 12.7. The highest BCUT2D eigenvalue weighted by atomic mass is 19.1. The van der Waals surface area contributed by atoms with E-state index < -0.39 is 17.8 Å². The summed E-state index contributed by atoms with van der Waals surface area (Å²) >= 11 is 0. The van der Waals surface area contributed by atoms with Gasteiger partial charge in [0.1, 0.15) is 23.7 Å². The lowest BCUT2D eigenvalue weighted by Gasteiger charge is -2.28. The maximum atomic E-state index is 15.5. The van der Waals surface area contributed by atoms with Crippen LogP contribution in [0.4, 0.5) is 16.0 Å². The van der Waals surface area contributed by atoms with E-state index in [-0.39, 0.29) is 28.7 Å². The summed E-state index contributed by atoms with van der Waals surface area (Å²) in [5.41, 5.74) is 6.20. The molecular formula is C25H36FN5O2. The molecule has 1 aromatic heterocycles. The van der Waals surface area contributed by atoms with Crippen LogP contribution in [-0.4, -0.2) is 34.1 Å². The van der Waals surface area contributed by atoms with Crippen molar-refractivity contribution in [3.8, 4) is 5.75 Å². The van der Waals surface area contributed by atoms with Gasteiger partial charge in [-0.25, -0.2) is 9.97 Å². The minimum absolute atomic E-state index is 0.00683. The molecule has 0 radical (unpaired) electrons. The van der Waals surface area contributed by atoms with Crippen LogP contribution >= 0.6 is 0 Å². The zero-order valence-electron chi connectivity index (χ0n) is 20.5. The van der Waals surface area contributed by atoms with Gasteiger partial charge in [0, 0.05) is 6.54 Å². The van der Waals surface area contributed by atoms with Gasteiger partial charge in [-0.1, -0.05) is 32.9 Å². The van der Waals surface area contributed by atoms with Gasteiger partial charge in [0.05, 0.1) is 6.04 Å². The predicted octanol–water partition coefficient (Wildman–Crippen LogP) is 4.84. The van der Waals surface area contributed by atoms with Crippen LogP contribution in [-0.2, 0) is 4.79 Å². The van der Waals surface area contributed by atoms with E-state index in [1.54, 1.807) is 0 Å². The Bertz CT molecular complexity index is 966. The molecule has 0 saturated carbocycles. The van der Waals surface area contributed by atoms with Crippen LogP contribution < -0.4 is 20.7 Å². The highest BCUT2D eigenvalue weighted by Crippen LogP contribution is 2.38. The van der Waals surface area contributed by atoms with Crippen molar-refractivity contribution in [2.45, 2.75) is 78.5 Å². The summed E-state index contributed by atoms with van der Waals surface area (Å²) in [5.74, 6) is -0.0955. The lowest BCUT2D eigenvalue weighted by atomic mass is 9.88. The SMILES string of the molecule is CC(C)(C)C[C@@H](Nc1ncnc(N2CCCC2c2ccc(OC(C)(C)C)cc2)c1F)C(N)=O. The van der Waals surface area contributed by atoms with Gasteiger partial charge in [-0.3, -0.25) is 4.79 Å². The number of amides is 1. The lowest BCUT2D eigenvalue weighted by Crippen LogP contribution is -2.39. The Labute approximate surface area is 195 Å². The van der Waals surface area contributed by atoms with Gasteiger partial charge in [-0.2, -0.15) is 4.39 Å². The quantitative estimate of drug-likeness (QED) is 0.618. The normalized spacial score (nSPS) is 17.7. The number of carbonyl (C=O) groups is 1. The molecule has 2 aromatic rings. The molecule has 3 rings (SSSR count). The van der Waals surface area contributed by atoms with Gasteiger partial charge in [0.25, 0.3) is 0 Å². The van der Waals surface area contributed by atoms with Crippen LogP contribution in [0.2, 0.25) is 0 Å². The Morgan fingerprint density at radius 3 is 2.45 bits per heavy atom. The molecule has 1 aliphatic heterocycles. The fourth-order valence-corrected chi connectivity index (χ4v) is 4.14. The van der Waals surface area contributed by atoms with E-state index in [1.807, 2.05) is 70.7 Å². The van der Waals surface area contributed by atoms with Gasteiger partial charge >= 0.3 is 0 Å². The summed E-state index contributed by atoms with van der Waals surface area (Å²) in [6, 6.07) is 7.21. The third-order valence-corrected chi connectivity index (χ3v) is 5.46. The average Bonchev–Trinajstić information content (AvgIpc) is 3.17. The van der Waals surface area contributed by atoms with Crippen molar-refractivity contribution in [1.29, 1.82) is 0 Å². The van der Waals surface area contributed by atoms with Crippen LogP contribution in [0, 0.1) is 11.2 Å².